The summed E-state index contributed by atoms with van der Waals surface area (Å²) in [5.74, 6) is 0.267. The molecule has 0 amide bonds. The van der Waals surface area contributed by atoms with E-state index in [2.05, 4.69) is 28.0 Å². The molecule has 0 radical (unpaired) electrons. The number of hydrogen-bond donors (Lipinski definition) is 1. The molecule has 170 valence electrons. The highest BCUT2D eigenvalue weighted by atomic mass is 19.1. The third-order valence-corrected chi connectivity index (χ3v) is 7.00. The lowest BCUT2D eigenvalue weighted by Crippen LogP contribution is -2.53. The van der Waals surface area contributed by atoms with Crippen molar-refractivity contribution in [3.05, 3.63) is 66.0 Å². The number of ether oxygens (including phenoxy) is 1. The molecule has 1 saturated heterocycles. The third-order valence-electron chi connectivity index (χ3n) is 7.00. The van der Waals surface area contributed by atoms with Crippen LogP contribution in [-0.2, 0) is 5.41 Å². The molecule has 2 aliphatic rings. The highest BCUT2D eigenvalue weighted by Crippen LogP contribution is 2.40. The van der Waals surface area contributed by atoms with Gasteiger partial charge in [-0.25, -0.2) is 4.39 Å². The van der Waals surface area contributed by atoms with E-state index in [0.29, 0.717) is 18.3 Å². The molecule has 1 saturated carbocycles. The zero-order valence-electron chi connectivity index (χ0n) is 18.5. The average molecular weight is 438 g/mol. The van der Waals surface area contributed by atoms with E-state index in [1.54, 1.807) is 12.1 Å². The molecule has 1 unspecified atom stereocenters. The SMILES string of the molecule is N#CC1(c2ccccc2)CCC(N2CCN(CC(O)COc3ccc(F)cc3)CC2)CC1. The smallest absolute Gasteiger partial charge is 0.123 e. The Hall–Kier alpha value is -2.46. The zero-order valence-corrected chi connectivity index (χ0v) is 18.5. The van der Waals surface area contributed by atoms with E-state index in [9.17, 15) is 14.8 Å². The van der Waals surface area contributed by atoms with Crippen molar-refractivity contribution in [2.75, 3.05) is 39.3 Å². The second kappa shape index (κ2) is 10.4. The largest absolute Gasteiger partial charge is 0.491 e. The number of aliphatic hydroxyl groups is 1. The summed E-state index contributed by atoms with van der Waals surface area (Å²) in [5.41, 5.74) is 0.816. The molecule has 0 aromatic heterocycles. The van der Waals surface area contributed by atoms with E-state index < -0.39 is 6.10 Å². The fourth-order valence-corrected chi connectivity index (χ4v) is 5.07. The van der Waals surface area contributed by atoms with Gasteiger partial charge in [-0.3, -0.25) is 9.80 Å². The van der Waals surface area contributed by atoms with E-state index in [1.807, 2.05) is 18.2 Å². The summed E-state index contributed by atoms with van der Waals surface area (Å²) in [7, 11) is 0. The third kappa shape index (κ3) is 5.47. The summed E-state index contributed by atoms with van der Waals surface area (Å²) in [6.45, 7) is 4.59. The van der Waals surface area contributed by atoms with Gasteiger partial charge in [0.05, 0.1) is 11.5 Å². The topological polar surface area (TPSA) is 59.7 Å². The van der Waals surface area contributed by atoms with Crippen LogP contribution in [-0.4, -0.2) is 66.4 Å². The summed E-state index contributed by atoms with van der Waals surface area (Å²) in [6.07, 6.45) is 3.35. The molecule has 1 N–H and O–H groups in total. The van der Waals surface area contributed by atoms with E-state index in [1.165, 1.54) is 12.1 Å². The number of nitriles is 1. The predicted molar refractivity (Wildman–Crippen MR) is 122 cm³/mol. The lowest BCUT2D eigenvalue weighted by atomic mass is 9.69. The number of β-amino-alcohol motifs (C(OH)–C–C–N with tert-alkyl or cyclic N) is 1. The molecule has 4 rings (SSSR count). The number of halogens is 1. The van der Waals surface area contributed by atoms with Gasteiger partial charge < -0.3 is 9.84 Å². The van der Waals surface area contributed by atoms with E-state index in [0.717, 1.165) is 57.4 Å². The standard InChI is InChI=1S/C26H32FN3O2/c27-22-6-8-25(9-7-22)32-19-24(31)18-29-14-16-30(17-15-29)23-10-12-26(20-28,13-11-23)21-4-2-1-3-5-21/h1-9,23-24,31H,10-19H2. The Morgan fingerprint density at radius 3 is 2.31 bits per heavy atom. The monoisotopic (exact) mass is 437 g/mol. The van der Waals surface area contributed by atoms with Crippen molar-refractivity contribution in [2.24, 2.45) is 0 Å². The van der Waals surface area contributed by atoms with Crippen LogP contribution in [0, 0.1) is 17.1 Å². The fourth-order valence-electron chi connectivity index (χ4n) is 5.07. The van der Waals surface area contributed by atoms with Crippen molar-refractivity contribution in [3.8, 4) is 11.8 Å². The molecule has 32 heavy (non-hydrogen) atoms. The molecule has 5 nitrogen and oxygen atoms in total. The average Bonchev–Trinajstić information content (AvgIpc) is 2.85. The van der Waals surface area contributed by atoms with Gasteiger partial charge in [0.1, 0.15) is 24.3 Å². The zero-order chi connectivity index (χ0) is 22.4. The predicted octanol–water partition coefficient (Wildman–Crippen LogP) is 3.59. The quantitative estimate of drug-likeness (QED) is 0.717. The number of hydrogen-bond acceptors (Lipinski definition) is 5. The minimum atomic E-state index is -0.580. The van der Waals surface area contributed by atoms with Crippen molar-refractivity contribution in [1.82, 2.24) is 9.80 Å². The van der Waals surface area contributed by atoms with E-state index >= 15 is 0 Å². The number of benzene rings is 2. The maximum absolute atomic E-state index is 13.0. The van der Waals surface area contributed by atoms with Crippen molar-refractivity contribution < 1.29 is 14.2 Å². The van der Waals surface area contributed by atoms with Gasteiger partial charge >= 0.3 is 0 Å². The summed E-state index contributed by atoms with van der Waals surface area (Å²) in [4.78, 5) is 4.84. The number of aliphatic hydroxyl groups excluding tert-OH is 1. The van der Waals surface area contributed by atoms with Crippen molar-refractivity contribution in [1.29, 1.82) is 5.26 Å². The summed E-state index contributed by atoms with van der Waals surface area (Å²) < 4.78 is 18.5. The molecule has 1 atom stereocenters. The molecule has 1 aliphatic carbocycles. The van der Waals surface area contributed by atoms with Gasteiger partial charge in [-0.1, -0.05) is 30.3 Å². The molecule has 1 heterocycles. The van der Waals surface area contributed by atoms with Crippen LogP contribution in [0.1, 0.15) is 31.2 Å². The lowest BCUT2D eigenvalue weighted by Gasteiger charge is -2.44. The Morgan fingerprint density at radius 2 is 1.69 bits per heavy atom. The first-order valence-electron chi connectivity index (χ1n) is 11.6. The van der Waals surface area contributed by atoms with Crippen LogP contribution in [0.5, 0.6) is 5.75 Å². The van der Waals surface area contributed by atoms with E-state index in [4.69, 9.17) is 4.74 Å². The Kier molecular flexibility index (Phi) is 7.41. The van der Waals surface area contributed by atoms with Crippen molar-refractivity contribution >= 4 is 0 Å². The van der Waals surface area contributed by atoms with Crippen LogP contribution < -0.4 is 4.74 Å². The molecule has 1 aliphatic heterocycles. The van der Waals surface area contributed by atoms with Crippen LogP contribution in [0.15, 0.2) is 54.6 Å². The maximum atomic E-state index is 13.0. The maximum Gasteiger partial charge on any atom is 0.123 e. The fraction of sp³-hybridized carbons (Fsp3) is 0.500. The van der Waals surface area contributed by atoms with Gasteiger partial charge in [0.2, 0.25) is 0 Å². The minimum Gasteiger partial charge on any atom is -0.491 e. The number of piperazine rings is 1. The van der Waals surface area contributed by atoms with Gasteiger partial charge in [-0.2, -0.15) is 5.26 Å². The first-order valence-corrected chi connectivity index (χ1v) is 11.6. The highest BCUT2D eigenvalue weighted by Gasteiger charge is 2.39. The van der Waals surface area contributed by atoms with Crippen LogP contribution in [0.4, 0.5) is 4.39 Å². The molecule has 0 bridgehead atoms. The Balaban J connectivity index is 1.20. The lowest BCUT2D eigenvalue weighted by molar-refractivity contribution is 0.0286. The molecular weight excluding hydrogens is 405 g/mol. The normalized spacial score (nSPS) is 25.7. The molecular formula is C26H32FN3O2. The van der Waals surface area contributed by atoms with Gasteiger partial charge in [-0.15, -0.1) is 0 Å². The van der Waals surface area contributed by atoms with Crippen LogP contribution in [0.2, 0.25) is 0 Å². The van der Waals surface area contributed by atoms with Crippen molar-refractivity contribution in [3.63, 3.8) is 0 Å². The number of nitrogens with zero attached hydrogens (tertiary/aromatic N) is 3. The summed E-state index contributed by atoms with van der Waals surface area (Å²) >= 11 is 0. The summed E-state index contributed by atoms with van der Waals surface area (Å²) in [6, 6.07) is 19.3. The Bertz CT molecular complexity index is 884. The molecule has 2 aromatic rings. The first kappa shape index (κ1) is 22.7. The second-order valence-corrected chi connectivity index (χ2v) is 9.05. The summed E-state index contributed by atoms with van der Waals surface area (Å²) in [5, 5.41) is 20.3. The van der Waals surface area contributed by atoms with Gasteiger partial charge in [-0.05, 0) is 55.5 Å². The first-order chi connectivity index (χ1) is 15.6. The van der Waals surface area contributed by atoms with Crippen LogP contribution in [0.3, 0.4) is 0 Å². The molecule has 0 spiro atoms. The minimum absolute atomic E-state index is 0.199. The molecule has 2 fully saturated rings. The Labute approximate surface area is 190 Å². The Morgan fingerprint density at radius 1 is 1.03 bits per heavy atom. The second-order valence-electron chi connectivity index (χ2n) is 9.05. The van der Waals surface area contributed by atoms with Crippen LogP contribution >= 0.6 is 0 Å². The van der Waals surface area contributed by atoms with Crippen LogP contribution in [0.25, 0.3) is 0 Å². The number of rotatable bonds is 7. The van der Waals surface area contributed by atoms with E-state index in [-0.39, 0.29) is 17.8 Å². The molecule has 2 aromatic carbocycles. The van der Waals surface area contributed by atoms with Gasteiger partial charge in [0, 0.05) is 38.8 Å². The molecule has 6 heteroatoms. The van der Waals surface area contributed by atoms with Gasteiger partial charge in [0.25, 0.3) is 0 Å². The highest BCUT2D eigenvalue weighted by molar-refractivity contribution is 5.33. The van der Waals surface area contributed by atoms with Crippen molar-refractivity contribution in [2.45, 2.75) is 43.2 Å². The van der Waals surface area contributed by atoms with Gasteiger partial charge in [0.15, 0.2) is 0 Å².